The number of hydrogen-bond donors (Lipinski definition) is 0. The Balaban J connectivity index is 1.84. The van der Waals surface area contributed by atoms with Crippen molar-refractivity contribution in [2.45, 2.75) is 71.1 Å². The van der Waals surface area contributed by atoms with Crippen LogP contribution in [-0.2, 0) is 0 Å². The molecule has 3 heteroatoms. The van der Waals surface area contributed by atoms with Gasteiger partial charge in [0, 0.05) is 11.4 Å². The summed E-state index contributed by atoms with van der Waals surface area (Å²) in [6.45, 7) is 3.03. The molecule has 1 aromatic rings. The van der Waals surface area contributed by atoms with Crippen molar-refractivity contribution in [3.63, 3.8) is 0 Å². The van der Waals surface area contributed by atoms with E-state index in [1.165, 1.54) is 69.1 Å². The van der Waals surface area contributed by atoms with Crippen LogP contribution in [0.4, 0.5) is 0 Å². The number of aldehydes is 1. The van der Waals surface area contributed by atoms with E-state index in [9.17, 15) is 4.79 Å². The van der Waals surface area contributed by atoms with Gasteiger partial charge in [0.05, 0.1) is 11.5 Å². The first-order valence-corrected chi connectivity index (χ1v) is 8.91. The first kappa shape index (κ1) is 17.2. The highest BCUT2D eigenvalue weighted by Gasteiger charge is 1.99. The smallest absolute Gasteiger partial charge is 0.160 e. The summed E-state index contributed by atoms with van der Waals surface area (Å²) in [7, 11) is 0. The lowest BCUT2D eigenvalue weighted by Gasteiger charge is -2.04. The zero-order valence-electron chi connectivity index (χ0n) is 12.7. The quantitative estimate of drug-likeness (QED) is 0.336. The van der Waals surface area contributed by atoms with Crippen LogP contribution in [0, 0.1) is 0 Å². The third-order valence-electron chi connectivity index (χ3n) is 3.48. The fraction of sp³-hybridized carbons (Fsp3) is 0.706. The van der Waals surface area contributed by atoms with Crippen molar-refractivity contribution >= 4 is 17.6 Å². The summed E-state index contributed by atoms with van der Waals surface area (Å²) in [4.78, 5) is 11.3. The van der Waals surface area contributed by atoms with Gasteiger partial charge < -0.3 is 4.74 Å². The maximum Gasteiger partial charge on any atom is 0.160 e. The second kappa shape index (κ2) is 12.0. The van der Waals surface area contributed by atoms with E-state index in [1.807, 2.05) is 11.4 Å². The molecule has 0 bridgehead atoms. The second-order valence-corrected chi connectivity index (χ2v) is 6.28. The molecule has 0 atom stereocenters. The molecule has 0 aromatic carbocycles. The van der Waals surface area contributed by atoms with Crippen LogP contribution in [0.2, 0.25) is 0 Å². The summed E-state index contributed by atoms with van der Waals surface area (Å²) in [6.07, 6.45) is 14.3. The van der Waals surface area contributed by atoms with Crippen LogP contribution in [0.15, 0.2) is 11.4 Å². The first-order chi connectivity index (χ1) is 9.86. The molecule has 0 spiro atoms. The Kier molecular flexibility index (Phi) is 10.3. The largest absolute Gasteiger partial charge is 0.493 e. The topological polar surface area (TPSA) is 26.3 Å². The van der Waals surface area contributed by atoms with E-state index in [-0.39, 0.29) is 0 Å². The number of hydrogen-bond acceptors (Lipinski definition) is 3. The Hall–Kier alpha value is -0.830. The van der Waals surface area contributed by atoms with Crippen molar-refractivity contribution < 1.29 is 9.53 Å². The lowest BCUT2D eigenvalue weighted by atomic mass is 10.1. The third-order valence-corrected chi connectivity index (χ3v) is 4.31. The molecule has 20 heavy (non-hydrogen) atoms. The lowest BCUT2D eigenvalue weighted by molar-refractivity contribution is 0.112. The van der Waals surface area contributed by atoms with Gasteiger partial charge in [-0.3, -0.25) is 4.79 Å². The minimum atomic E-state index is 0.739. The third kappa shape index (κ3) is 8.36. The maximum absolute atomic E-state index is 10.5. The molecule has 2 nitrogen and oxygen atoms in total. The molecule has 0 aliphatic carbocycles. The van der Waals surface area contributed by atoms with Gasteiger partial charge in [-0.1, -0.05) is 64.7 Å². The van der Waals surface area contributed by atoms with Crippen molar-refractivity contribution in [1.82, 2.24) is 0 Å². The SMILES string of the molecule is CCCCCCCCCCCCOc1csc(C=O)c1. The molecule has 1 rings (SSSR count). The van der Waals surface area contributed by atoms with E-state index >= 15 is 0 Å². The normalized spacial score (nSPS) is 10.7. The Labute approximate surface area is 127 Å². The van der Waals surface area contributed by atoms with Gasteiger partial charge in [-0.25, -0.2) is 0 Å². The van der Waals surface area contributed by atoms with Crippen LogP contribution in [0.5, 0.6) is 5.75 Å². The molecule has 1 heterocycles. The molecule has 0 fully saturated rings. The van der Waals surface area contributed by atoms with Crippen molar-refractivity contribution in [2.75, 3.05) is 6.61 Å². The first-order valence-electron chi connectivity index (χ1n) is 8.03. The Morgan fingerprint density at radius 3 is 2.15 bits per heavy atom. The fourth-order valence-electron chi connectivity index (χ4n) is 2.25. The summed E-state index contributed by atoms with van der Waals surface area (Å²) in [5.74, 6) is 0.841. The van der Waals surface area contributed by atoms with Gasteiger partial charge in [0.1, 0.15) is 5.75 Å². The van der Waals surface area contributed by atoms with Crippen molar-refractivity contribution in [2.24, 2.45) is 0 Å². The fourth-order valence-corrected chi connectivity index (χ4v) is 2.88. The molecule has 0 saturated carbocycles. The molecule has 0 radical (unpaired) electrons. The Morgan fingerprint density at radius 2 is 1.60 bits per heavy atom. The van der Waals surface area contributed by atoms with Crippen molar-refractivity contribution in [3.8, 4) is 5.75 Å². The zero-order valence-corrected chi connectivity index (χ0v) is 13.6. The van der Waals surface area contributed by atoms with Gasteiger partial charge in [-0.15, -0.1) is 11.3 Å². The molecule has 0 N–H and O–H groups in total. The number of carbonyl (C=O) groups is 1. The molecule has 0 unspecified atom stereocenters. The molecule has 0 aliphatic rings. The number of rotatable bonds is 13. The van der Waals surface area contributed by atoms with E-state index in [4.69, 9.17) is 4.74 Å². The van der Waals surface area contributed by atoms with Crippen LogP contribution in [0.25, 0.3) is 0 Å². The summed E-state index contributed by atoms with van der Waals surface area (Å²) >= 11 is 1.44. The minimum Gasteiger partial charge on any atom is -0.493 e. The van der Waals surface area contributed by atoms with Crippen LogP contribution in [0.1, 0.15) is 80.8 Å². The van der Waals surface area contributed by atoms with E-state index in [1.54, 1.807) is 0 Å². The Bertz CT molecular complexity index is 347. The highest BCUT2D eigenvalue weighted by atomic mass is 32.1. The van der Waals surface area contributed by atoms with Gasteiger partial charge in [0.25, 0.3) is 0 Å². The van der Waals surface area contributed by atoms with Gasteiger partial charge in [-0.05, 0) is 6.42 Å². The standard InChI is InChI=1S/C17H28O2S/c1-2-3-4-5-6-7-8-9-10-11-12-19-16-13-17(14-18)20-15-16/h13-15H,2-12H2,1H3. The number of ether oxygens (including phenoxy) is 1. The van der Waals surface area contributed by atoms with E-state index in [2.05, 4.69) is 6.92 Å². The molecular weight excluding hydrogens is 268 g/mol. The van der Waals surface area contributed by atoms with Gasteiger partial charge in [-0.2, -0.15) is 0 Å². The lowest BCUT2D eigenvalue weighted by Crippen LogP contribution is -1.96. The van der Waals surface area contributed by atoms with E-state index < -0.39 is 0 Å². The van der Waals surface area contributed by atoms with E-state index in [0.717, 1.165) is 29.9 Å². The summed E-state index contributed by atoms with van der Waals surface area (Å²) in [5.41, 5.74) is 0. The van der Waals surface area contributed by atoms with Crippen molar-refractivity contribution in [1.29, 1.82) is 0 Å². The van der Waals surface area contributed by atoms with Crippen LogP contribution < -0.4 is 4.74 Å². The van der Waals surface area contributed by atoms with Gasteiger partial charge >= 0.3 is 0 Å². The second-order valence-electron chi connectivity index (χ2n) is 5.33. The predicted molar refractivity (Wildman–Crippen MR) is 87.0 cm³/mol. The predicted octanol–water partition coefficient (Wildman–Crippen LogP) is 5.86. The molecular formula is C17H28O2S. The highest BCUT2D eigenvalue weighted by molar-refractivity contribution is 7.11. The van der Waals surface area contributed by atoms with Crippen molar-refractivity contribution in [3.05, 3.63) is 16.3 Å². The molecule has 114 valence electrons. The number of unbranched alkanes of at least 4 members (excludes halogenated alkanes) is 9. The van der Waals surface area contributed by atoms with Crippen LogP contribution >= 0.6 is 11.3 Å². The number of carbonyl (C=O) groups excluding carboxylic acids is 1. The van der Waals surface area contributed by atoms with Gasteiger partial charge in [0.15, 0.2) is 6.29 Å². The minimum absolute atomic E-state index is 0.739. The van der Waals surface area contributed by atoms with Gasteiger partial charge in [0.2, 0.25) is 0 Å². The molecule has 0 amide bonds. The Morgan fingerprint density at radius 1 is 1.00 bits per heavy atom. The molecule has 0 saturated heterocycles. The molecule has 1 aromatic heterocycles. The van der Waals surface area contributed by atoms with Crippen LogP contribution in [-0.4, -0.2) is 12.9 Å². The monoisotopic (exact) mass is 296 g/mol. The number of thiophene rings is 1. The average Bonchev–Trinajstić information content (AvgIpc) is 2.93. The van der Waals surface area contributed by atoms with Crippen LogP contribution in [0.3, 0.4) is 0 Å². The van der Waals surface area contributed by atoms with E-state index in [0.29, 0.717) is 0 Å². The summed E-state index contributed by atoms with van der Waals surface area (Å²) in [5, 5.41) is 1.90. The maximum atomic E-state index is 10.5. The highest BCUT2D eigenvalue weighted by Crippen LogP contribution is 2.20. The average molecular weight is 296 g/mol. The summed E-state index contributed by atoms with van der Waals surface area (Å²) in [6, 6.07) is 1.81. The summed E-state index contributed by atoms with van der Waals surface area (Å²) < 4.78 is 5.61. The molecule has 0 aliphatic heterocycles. The zero-order chi connectivity index (χ0) is 14.5.